The SMILES string of the molecule is CC(C)CC(=O)c1c(O)cc(O)c2c1O[C@]1(C2)OC[C@@H](O)[C@@H](O)[C@@H]1O. The lowest BCUT2D eigenvalue weighted by Crippen LogP contribution is -2.63. The van der Waals surface area contributed by atoms with Gasteiger partial charge in [0.05, 0.1) is 6.61 Å². The van der Waals surface area contributed by atoms with E-state index in [0.29, 0.717) is 0 Å². The van der Waals surface area contributed by atoms with E-state index >= 15 is 0 Å². The summed E-state index contributed by atoms with van der Waals surface area (Å²) in [5.74, 6) is -2.86. The first-order valence-corrected chi connectivity index (χ1v) is 8.14. The van der Waals surface area contributed by atoms with Crippen molar-refractivity contribution in [2.24, 2.45) is 5.92 Å². The number of ketones is 1. The number of fused-ring (bicyclic) bond motifs is 1. The fourth-order valence-electron chi connectivity index (χ4n) is 3.28. The van der Waals surface area contributed by atoms with Crippen LogP contribution in [0.2, 0.25) is 0 Å². The lowest BCUT2D eigenvalue weighted by Gasteiger charge is -2.41. The van der Waals surface area contributed by atoms with Gasteiger partial charge in [-0.05, 0) is 5.92 Å². The molecular weight excluding hydrogens is 332 g/mol. The Morgan fingerprint density at radius 2 is 1.96 bits per heavy atom. The Labute approximate surface area is 144 Å². The van der Waals surface area contributed by atoms with E-state index in [1.54, 1.807) is 0 Å². The largest absolute Gasteiger partial charge is 0.507 e. The van der Waals surface area contributed by atoms with Crippen molar-refractivity contribution in [3.05, 3.63) is 17.2 Å². The topological polar surface area (TPSA) is 137 Å². The minimum atomic E-state index is -1.74. The number of ether oxygens (including phenoxy) is 2. The van der Waals surface area contributed by atoms with Gasteiger partial charge in [0.1, 0.15) is 41.1 Å². The minimum Gasteiger partial charge on any atom is -0.507 e. The van der Waals surface area contributed by atoms with Gasteiger partial charge in [-0.1, -0.05) is 13.8 Å². The number of hydrogen-bond donors (Lipinski definition) is 5. The van der Waals surface area contributed by atoms with Gasteiger partial charge in [-0.2, -0.15) is 0 Å². The van der Waals surface area contributed by atoms with Gasteiger partial charge in [-0.25, -0.2) is 0 Å². The highest BCUT2D eigenvalue weighted by molar-refractivity contribution is 6.02. The Kier molecular flexibility index (Phi) is 4.40. The summed E-state index contributed by atoms with van der Waals surface area (Å²) in [5, 5.41) is 50.1. The van der Waals surface area contributed by atoms with Crippen LogP contribution in [0, 0.1) is 5.92 Å². The van der Waals surface area contributed by atoms with Crippen molar-refractivity contribution in [3.63, 3.8) is 0 Å². The van der Waals surface area contributed by atoms with Gasteiger partial charge in [0.15, 0.2) is 5.78 Å². The van der Waals surface area contributed by atoms with Crippen molar-refractivity contribution < 1.29 is 39.8 Å². The maximum absolute atomic E-state index is 12.5. The molecule has 2 aliphatic rings. The van der Waals surface area contributed by atoms with Gasteiger partial charge in [0.2, 0.25) is 5.79 Å². The monoisotopic (exact) mass is 354 g/mol. The molecule has 1 saturated heterocycles. The molecule has 1 aromatic carbocycles. The molecule has 2 aliphatic heterocycles. The smallest absolute Gasteiger partial charge is 0.243 e. The van der Waals surface area contributed by atoms with E-state index in [1.165, 1.54) is 0 Å². The predicted octanol–water partition coefficient (Wildman–Crippen LogP) is 0.0707. The molecule has 0 unspecified atom stereocenters. The average molecular weight is 354 g/mol. The van der Waals surface area contributed by atoms with Crippen LogP contribution in [0.5, 0.6) is 17.2 Å². The minimum absolute atomic E-state index is 0.0419. The molecule has 1 aromatic rings. The number of aromatic hydroxyl groups is 2. The Hall–Kier alpha value is -1.87. The molecule has 3 rings (SSSR count). The van der Waals surface area contributed by atoms with E-state index < -0.39 is 29.8 Å². The number of hydrogen-bond acceptors (Lipinski definition) is 8. The summed E-state index contributed by atoms with van der Waals surface area (Å²) >= 11 is 0. The molecule has 0 bridgehead atoms. The molecule has 0 saturated carbocycles. The summed E-state index contributed by atoms with van der Waals surface area (Å²) in [5.41, 5.74) is 0.113. The predicted molar refractivity (Wildman–Crippen MR) is 84.6 cm³/mol. The summed E-state index contributed by atoms with van der Waals surface area (Å²) in [6.45, 7) is 3.42. The number of phenolic OH excluding ortho intramolecular Hbond substituents is 2. The first-order valence-electron chi connectivity index (χ1n) is 8.14. The van der Waals surface area contributed by atoms with Crippen LogP contribution < -0.4 is 4.74 Å². The molecule has 2 heterocycles. The average Bonchev–Trinajstić information content (AvgIpc) is 2.90. The summed E-state index contributed by atoms with van der Waals surface area (Å²) in [6, 6.07) is 1.05. The molecule has 4 atom stereocenters. The van der Waals surface area contributed by atoms with Gasteiger partial charge < -0.3 is 35.0 Å². The summed E-state index contributed by atoms with van der Waals surface area (Å²) in [7, 11) is 0. The second kappa shape index (κ2) is 6.14. The van der Waals surface area contributed by atoms with Crippen LogP contribution in [0.15, 0.2) is 6.07 Å². The Morgan fingerprint density at radius 1 is 1.28 bits per heavy atom. The quantitative estimate of drug-likeness (QED) is 0.481. The van der Waals surface area contributed by atoms with Crippen LogP contribution in [-0.2, 0) is 11.2 Å². The number of carbonyl (C=O) groups excluding carboxylic acids is 1. The third kappa shape index (κ3) is 2.85. The van der Waals surface area contributed by atoms with Crippen LogP contribution in [0.3, 0.4) is 0 Å². The highest BCUT2D eigenvalue weighted by Crippen LogP contribution is 2.49. The molecular formula is C17H22O8. The first-order chi connectivity index (χ1) is 11.7. The van der Waals surface area contributed by atoms with Crippen molar-refractivity contribution >= 4 is 5.78 Å². The molecule has 25 heavy (non-hydrogen) atoms. The number of rotatable bonds is 3. The highest BCUT2D eigenvalue weighted by Gasteiger charge is 2.56. The molecule has 8 nitrogen and oxygen atoms in total. The normalized spacial score (nSPS) is 31.2. The maximum Gasteiger partial charge on any atom is 0.243 e. The molecule has 138 valence electrons. The first kappa shape index (κ1) is 17.9. The number of Topliss-reactive ketones (excluding diaryl/α,β-unsaturated/α-hetero) is 1. The third-order valence-electron chi connectivity index (χ3n) is 4.58. The lowest BCUT2D eigenvalue weighted by molar-refractivity contribution is -0.300. The molecule has 0 radical (unpaired) electrons. The van der Waals surface area contributed by atoms with E-state index in [2.05, 4.69) is 0 Å². The molecule has 1 fully saturated rings. The molecule has 0 aromatic heterocycles. The van der Waals surface area contributed by atoms with Crippen LogP contribution >= 0.6 is 0 Å². The second-order valence-corrected chi connectivity index (χ2v) is 7.02. The third-order valence-corrected chi connectivity index (χ3v) is 4.58. The molecule has 1 spiro atoms. The van der Waals surface area contributed by atoms with Crippen LogP contribution in [-0.4, -0.2) is 62.0 Å². The van der Waals surface area contributed by atoms with E-state index in [1.807, 2.05) is 13.8 Å². The summed E-state index contributed by atoms with van der Waals surface area (Å²) < 4.78 is 11.1. The van der Waals surface area contributed by atoms with Gasteiger partial charge in [0.25, 0.3) is 0 Å². The Balaban J connectivity index is 2.03. The second-order valence-electron chi connectivity index (χ2n) is 7.02. The zero-order chi connectivity index (χ0) is 18.5. The molecule has 8 heteroatoms. The zero-order valence-corrected chi connectivity index (χ0v) is 14.0. The van der Waals surface area contributed by atoms with Crippen LogP contribution in [0.1, 0.15) is 36.2 Å². The van der Waals surface area contributed by atoms with Crippen LogP contribution in [0.4, 0.5) is 0 Å². The number of aliphatic hydroxyl groups excluding tert-OH is 3. The fourth-order valence-corrected chi connectivity index (χ4v) is 3.28. The summed E-state index contributed by atoms with van der Waals surface area (Å²) in [6.07, 6.45) is -4.36. The van der Waals surface area contributed by atoms with Crippen molar-refractivity contribution in [1.29, 1.82) is 0 Å². The van der Waals surface area contributed by atoms with E-state index in [9.17, 15) is 30.3 Å². The molecule has 5 N–H and O–H groups in total. The molecule has 0 amide bonds. The number of phenols is 2. The highest BCUT2D eigenvalue weighted by atomic mass is 16.7. The standard InChI is InChI=1S/C17H22O8/c1-7(2)3-10(19)13-11(20)4-9(18)8-5-17(25-15(8)13)16(23)14(22)12(21)6-24-17/h4,7,12,14,16,18,20-23H,3,5-6H2,1-2H3/t12-,14-,16+,17+/m1/s1. The van der Waals surface area contributed by atoms with Crippen molar-refractivity contribution in [2.75, 3.05) is 6.61 Å². The van der Waals surface area contributed by atoms with Gasteiger partial charge in [-0.15, -0.1) is 0 Å². The van der Waals surface area contributed by atoms with E-state index in [0.717, 1.165) is 6.07 Å². The number of carbonyl (C=O) groups is 1. The van der Waals surface area contributed by atoms with Crippen LogP contribution in [0.25, 0.3) is 0 Å². The van der Waals surface area contributed by atoms with Gasteiger partial charge in [-0.3, -0.25) is 4.79 Å². The summed E-state index contributed by atoms with van der Waals surface area (Å²) in [4.78, 5) is 12.5. The van der Waals surface area contributed by atoms with Crippen molar-refractivity contribution in [1.82, 2.24) is 0 Å². The lowest BCUT2D eigenvalue weighted by atomic mass is 9.92. The Morgan fingerprint density at radius 3 is 2.60 bits per heavy atom. The van der Waals surface area contributed by atoms with Crippen molar-refractivity contribution in [3.8, 4) is 17.2 Å². The maximum atomic E-state index is 12.5. The van der Waals surface area contributed by atoms with Gasteiger partial charge in [0, 0.05) is 24.5 Å². The Bertz CT molecular complexity index is 700. The van der Waals surface area contributed by atoms with Crippen molar-refractivity contribution in [2.45, 2.75) is 50.8 Å². The molecule has 0 aliphatic carbocycles. The van der Waals surface area contributed by atoms with E-state index in [4.69, 9.17) is 9.47 Å². The number of benzene rings is 1. The zero-order valence-electron chi connectivity index (χ0n) is 14.0. The van der Waals surface area contributed by atoms with E-state index in [-0.39, 0.29) is 53.8 Å². The fraction of sp³-hybridized carbons (Fsp3) is 0.588. The van der Waals surface area contributed by atoms with Gasteiger partial charge >= 0.3 is 0 Å². The number of aliphatic hydroxyl groups is 3.